The van der Waals surface area contributed by atoms with Crippen LogP contribution in [0.4, 0.5) is 0 Å². The van der Waals surface area contributed by atoms with Crippen LogP contribution in [0.15, 0.2) is 10.8 Å². The molecular formula is C12H22N2O3. The van der Waals surface area contributed by atoms with Gasteiger partial charge in [-0.15, -0.1) is 0 Å². The second-order valence-corrected chi connectivity index (χ2v) is 4.79. The predicted molar refractivity (Wildman–Crippen MR) is 64.6 cm³/mol. The molecule has 0 amide bonds. The Morgan fingerprint density at radius 3 is 2.82 bits per heavy atom. The lowest BCUT2D eigenvalue weighted by Crippen LogP contribution is -2.21. The molecule has 0 spiro atoms. The molecule has 5 heteroatoms. The first kappa shape index (κ1) is 14.2. The summed E-state index contributed by atoms with van der Waals surface area (Å²) in [4.78, 5) is 4.16. The highest BCUT2D eigenvalue weighted by molar-refractivity contribution is 5.05. The van der Waals surface area contributed by atoms with Crippen molar-refractivity contribution in [3.05, 3.63) is 17.8 Å². The summed E-state index contributed by atoms with van der Waals surface area (Å²) in [5.74, 6) is 0.782. The second-order valence-electron chi connectivity index (χ2n) is 4.79. The van der Waals surface area contributed by atoms with E-state index in [1.54, 1.807) is 7.11 Å². The normalized spacial score (nSPS) is 12.0. The fraction of sp³-hybridized carbons (Fsp3) is 0.750. The number of hydrogen-bond acceptors (Lipinski definition) is 5. The van der Waals surface area contributed by atoms with E-state index in [4.69, 9.17) is 13.9 Å². The Labute approximate surface area is 103 Å². The number of methoxy groups -OCH3 is 1. The van der Waals surface area contributed by atoms with E-state index in [2.05, 4.69) is 10.3 Å². The maximum absolute atomic E-state index is 5.66. The molecule has 0 aliphatic heterocycles. The van der Waals surface area contributed by atoms with Gasteiger partial charge in [0, 0.05) is 20.2 Å². The van der Waals surface area contributed by atoms with E-state index in [0.717, 1.165) is 18.0 Å². The highest BCUT2D eigenvalue weighted by atomic mass is 16.5. The second kappa shape index (κ2) is 6.74. The minimum absolute atomic E-state index is 0.173. The first-order valence-corrected chi connectivity index (χ1v) is 5.78. The summed E-state index contributed by atoms with van der Waals surface area (Å²) in [5.41, 5.74) is 0.721. The van der Waals surface area contributed by atoms with Gasteiger partial charge < -0.3 is 19.2 Å². The molecule has 0 aliphatic rings. The number of aromatic nitrogens is 1. The molecule has 1 heterocycles. The molecule has 0 fully saturated rings. The van der Waals surface area contributed by atoms with Crippen LogP contribution in [0.5, 0.6) is 0 Å². The fourth-order valence-corrected chi connectivity index (χ4v) is 1.22. The average Bonchev–Trinajstić information content (AvgIpc) is 2.68. The lowest BCUT2D eigenvalue weighted by atomic mass is 10.2. The molecule has 1 N–H and O–H groups in total. The number of nitrogens with zero attached hydrogens (tertiary/aromatic N) is 1. The van der Waals surface area contributed by atoms with E-state index in [9.17, 15) is 0 Å². The predicted octanol–water partition coefficient (Wildman–Crippen LogP) is 1.73. The molecule has 0 bridgehead atoms. The van der Waals surface area contributed by atoms with Gasteiger partial charge in [-0.3, -0.25) is 0 Å². The van der Waals surface area contributed by atoms with Crippen molar-refractivity contribution in [1.29, 1.82) is 0 Å². The van der Waals surface area contributed by atoms with Crippen LogP contribution >= 0.6 is 0 Å². The topological polar surface area (TPSA) is 56.5 Å². The van der Waals surface area contributed by atoms with Crippen LogP contribution < -0.4 is 5.32 Å². The van der Waals surface area contributed by atoms with Crippen LogP contribution in [-0.4, -0.2) is 30.8 Å². The summed E-state index contributed by atoms with van der Waals surface area (Å²) in [7, 11) is 1.68. The molecule has 17 heavy (non-hydrogen) atoms. The third-order valence-electron chi connectivity index (χ3n) is 2.14. The molecule has 0 radical (unpaired) electrons. The van der Waals surface area contributed by atoms with Gasteiger partial charge in [0.2, 0.25) is 0 Å². The summed E-state index contributed by atoms with van der Waals surface area (Å²) < 4.78 is 15.9. The van der Waals surface area contributed by atoms with E-state index in [1.807, 2.05) is 20.8 Å². The molecular weight excluding hydrogens is 220 g/mol. The van der Waals surface area contributed by atoms with Gasteiger partial charge in [-0.25, -0.2) is 4.98 Å². The number of rotatable bonds is 7. The quantitative estimate of drug-likeness (QED) is 0.738. The number of nitrogens with one attached hydrogen (secondary N) is 1. The van der Waals surface area contributed by atoms with Crippen molar-refractivity contribution in [3.8, 4) is 0 Å². The Hall–Kier alpha value is -0.910. The molecule has 0 saturated carbocycles. The minimum Gasteiger partial charge on any atom is -0.446 e. The van der Waals surface area contributed by atoms with Crippen molar-refractivity contribution in [2.24, 2.45) is 0 Å². The Morgan fingerprint density at radius 2 is 2.18 bits per heavy atom. The lowest BCUT2D eigenvalue weighted by molar-refractivity contribution is -0.0228. The van der Waals surface area contributed by atoms with Crippen molar-refractivity contribution >= 4 is 0 Å². The van der Waals surface area contributed by atoms with Gasteiger partial charge in [0.15, 0.2) is 12.2 Å². The van der Waals surface area contributed by atoms with Crippen LogP contribution in [-0.2, 0) is 22.6 Å². The maximum atomic E-state index is 5.66. The van der Waals surface area contributed by atoms with Crippen LogP contribution in [0.3, 0.4) is 0 Å². The van der Waals surface area contributed by atoms with Crippen molar-refractivity contribution in [2.75, 3.05) is 20.3 Å². The molecule has 0 aromatic carbocycles. The van der Waals surface area contributed by atoms with Crippen molar-refractivity contribution in [3.63, 3.8) is 0 Å². The summed E-state index contributed by atoms with van der Waals surface area (Å²) in [6.45, 7) is 8.64. The number of ether oxygens (including phenoxy) is 2. The Kier molecular flexibility index (Phi) is 5.61. The zero-order chi connectivity index (χ0) is 12.7. The molecule has 1 aromatic rings. The lowest BCUT2D eigenvalue weighted by Gasteiger charge is -2.18. The Morgan fingerprint density at radius 1 is 1.41 bits per heavy atom. The first-order valence-electron chi connectivity index (χ1n) is 5.78. The van der Waals surface area contributed by atoms with E-state index in [-0.39, 0.29) is 5.60 Å². The van der Waals surface area contributed by atoms with Crippen molar-refractivity contribution in [1.82, 2.24) is 10.3 Å². The van der Waals surface area contributed by atoms with Gasteiger partial charge in [-0.2, -0.15) is 0 Å². The van der Waals surface area contributed by atoms with Crippen LogP contribution in [0.1, 0.15) is 32.2 Å². The third-order valence-corrected chi connectivity index (χ3v) is 2.14. The van der Waals surface area contributed by atoms with E-state index >= 15 is 0 Å². The highest BCUT2D eigenvalue weighted by Crippen LogP contribution is 2.14. The van der Waals surface area contributed by atoms with Gasteiger partial charge in [-0.1, -0.05) is 0 Å². The van der Waals surface area contributed by atoms with E-state index in [1.165, 1.54) is 6.39 Å². The Bertz CT molecular complexity index is 318. The van der Waals surface area contributed by atoms with Crippen LogP contribution in [0.2, 0.25) is 0 Å². The van der Waals surface area contributed by atoms with E-state index < -0.39 is 0 Å². The standard InChI is InChI=1S/C12H22N2O3/c1-12(2,3)17-8-11-10(14-9-16-11)7-13-5-6-15-4/h9,13H,5-8H2,1-4H3. The monoisotopic (exact) mass is 242 g/mol. The molecule has 5 nitrogen and oxygen atoms in total. The maximum Gasteiger partial charge on any atom is 0.181 e. The molecule has 0 saturated heterocycles. The zero-order valence-corrected chi connectivity index (χ0v) is 11.1. The van der Waals surface area contributed by atoms with Gasteiger partial charge >= 0.3 is 0 Å². The third kappa shape index (κ3) is 5.81. The summed E-state index contributed by atoms with van der Waals surface area (Å²) in [6.07, 6.45) is 1.45. The molecule has 1 rings (SSSR count). The fourth-order valence-electron chi connectivity index (χ4n) is 1.22. The summed E-state index contributed by atoms with van der Waals surface area (Å²) >= 11 is 0. The SMILES string of the molecule is COCCNCc1ncoc1COC(C)(C)C. The van der Waals surface area contributed by atoms with Crippen LogP contribution in [0, 0.1) is 0 Å². The summed E-state index contributed by atoms with van der Waals surface area (Å²) in [6, 6.07) is 0. The van der Waals surface area contributed by atoms with Gasteiger partial charge in [-0.05, 0) is 20.8 Å². The van der Waals surface area contributed by atoms with Crippen molar-refractivity contribution < 1.29 is 13.9 Å². The molecule has 1 aromatic heterocycles. The number of oxazole rings is 1. The van der Waals surface area contributed by atoms with Gasteiger partial charge in [0.1, 0.15) is 6.61 Å². The largest absolute Gasteiger partial charge is 0.446 e. The van der Waals surface area contributed by atoms with E-state index in [0.29, 0.717) is 19.8 Å². The minimum atomic E-state index is -0.173. The molecule has 0 aliphatic carbocycles. The summed E-state index contributed by atoms with van der Waals surface area (Å²) in [5, 5.41) is 3.22. The van der Waals surface area contributed by atoms with Crippen molar-refractivity contribution in [2.45, 2.75) is 39.5 Å². The highest BCUT2D eigenvalue weighted by Gasteiger charge is 2.14. The number of hydrogen-bond donors (Lipinski definition) is 1. The molecule has 0 atom stereocenters. The van der Waals surface area contributed by atoms with Gasteiger partial charge in [0.25, 0.3) is 0 Å². The first-order chi connectivity index (χ1) is 8.03. The smallest absolute Gasteiger partial charge is 0.181 e. The average molecular weight is 242 g/mol. The Balaban J connectivity index is 2.37. The zero-order valence-electron chi connectivity index (χ0n) is 11.1. The van der Waals surface area contributed by atoms with Gasteiger partial charge in [0.05, 0.1) is 17.9 Å². The van der Waals surface area contributed by atoms with Crippen LogP contribution in [0.25, 0.3) is 0 Å². The molecule has 0 unspecified atom stereocenters. The molecule has 98 valence electrons.